The van der Waals surface area contributed by atoms with E-state index in [0.717, 1.165) is 18.8 Å². The van der Waals surface area contributed by atoms with Gasteiger partial charge < -0.3 is 9.80 Å². The summed E-state index contributed by atoms with van der Waals surface area (Å²) < 4.78 is 27.6. The number of piperazine rings is 1. The van der Waals surface area contributed by atoms with Crippen molar-refractivity contribution in [2.75, 3.05) is 44.2 Å². The second-order valence-corrected chi connectivity index (χ2v) is 11.1. The Morgan fingerprint density at radius 3 is 2.22 bits per heavy atom. The van der Waals surface area contributed by atoms with Crippen molar-refractivity contribution < 1.29 is 13.2 Å². The first-order valence-electron chi connectivity index (χ1n) is 10.8. The molecule has 2 aliphatic heterocycles. The van der Waals surface area contributed by atoms with Gasteiger partial charge in [0.25, 0.3) is 0 Å². The SMILES string of the molecule is O=C([C@H]1CCCN(S(=O)(=O)Cc2c(Cl)cccc2Cl)C1)N1CCN(c2ccccc2)CC1. The second-order valence-electron chi connectivity index (χ2n) is 8.30. The van der Waals surface area contributed by atoms with E-state index in [0.29, 0.717) is 48.1 Å². The van der Waals surface area contributed by atoms with E-state index in [9.17, 15) is 13.2 Å². The summed E-state index contributed by atoms with van der Waals surface area (Å²) in [6.07, 6.45) is 1.37. The average molecular weight is 496 g/mol. The highest BCUT2D eigenvalue weighted by Gasteiger charge is 2.35. The predicted molar refractivity (Wildman–Crippen MR) is 129 cm³/mol. The molecule has 2 aromatic carbocycles. The van der Waals surface area contributed by atoms with Gasteiger partial charge in [-0.2, -0.15) is 0 Å². The van der Waals surface area contributed by atoms with E-state index in [1.54, 1.807) is 18.2 Å². The van der Waals surface area contributed by atoms with E-state index in [1.165, 1.54) is 4.31 Å². The molecule has 0 aliphatic carbocycles. The second kappa shape index (κ2) is 10.00. The van der Waals surface area contributed by atoms with Crippen molar-refractivity contribution in [1.29, 1.82) is 0 Å². The summed E-state index contributed by atoms with van der Waals surface area (Å²) in [6.45, 7) is 3.46. The van der Waals surface area contributed by atoms with Crippen molar-refractivity contribution in [2.24, 2.45) is 5.92 Å². The third-order valence-electron chi connectivity index (χ3n) is 6.23. The summed E-state index contributed by atoms with van der Waals surface area (Å²) in [6, 6.07) is 15.1. The summed E-state index contributed by atoms with van der Waals surface area (Å²) in [7, 11) is -3.64. The maximum Gasteiger partial charge on any atom is 0.227 e. The lowest BCUT2D eigenvalue weighted by Gasteiger charge is -2.39. The number of sulfonamides is 1. The van der Waals surface area contributed by atoms with E-state index < -0.39 is 10.0 Å². The van der Waals surface area contributed by atoms with Crippen LogP contribution in [0.2, 0.25) is 10.0 Å². The van der Waals surface area contributed by atoms with Crippen LogP contribution in [-0.2, 0) is 20.6 Å². The minimum atomic E-state index is -3.64. The first kappa shape index (κ1) is 23.4. The molecule has 4 rings (SSSR count). The highest BCUT2D eigenvalue weighted by molar-refractivity contribution is 7.88. The summed E-state index contributed by atoms with van der Waals surface area (Å²) in [4.78, 5) is 17.3. The van der Waals surface area contributed by atoms with Crippen LogP contribution in [0.25, 0.3) is 0 Å². The fourth-order valence-corrected chi connectivity index (χ4v) is 6.78. The van der Waals surface area contributed by atoms with Gasteiger partial charge in [0.2, 0.25) is 15.9 Å². The molecule has 9 heteroatoms. The molecule has 2 aromatic rings. The molecule has 0 radical (unpaired) electrons. The molecule has 32 heavy (non-hydrogen) atoms. The zero-order valence-corrected chi connectivity index (χ0v) is 20.1. The lowest BCUT2D eigenvalue weighted by molar-refractivity contribution is -0.137. The monoisotopic (exact) mass is 495 g/mol. The largest absolute Gasteiger partial charge is 0.368 e. The van der Waals surface area contributed by atoms with Crippen molar-refractivity contribution in [3.8, 4) is 0 Å². The van der Waals surface area contributed by atoms with Crippen LogP contribution in [0.5, 0.6) is 0 Å². The molecule has 6 nitrogen and oxygen atoms in total. The first-order chi connectivity index (χ1) is 15.3. The highest BCUT2D eigenvalue weighted by atomic mass is 35.5. The molecule has 0 N–H and O–H groups in total. The minimum Gasteiger partial charge on any atom is -0.368 e. The molecule has 2 aliphatic rings. The standard InChI is InChI=1S/C23H27Cl2N3O3S/c24-21-9-4-10-22(25)20(21)17-32(30,31)28-11-5-6-18(16-28)23(29)27-14-12-26(13-15-27)19-7-2-1-3-8-19/h1-4,7-10,18H,5-6,11-17H2/t18-/m0/s1. The summed E-state index contributed by atoms with van der Waals surface area (Å²) in [5.74, 6) is -0.528. The number of piperidine rings is 1. The summed E-state index contributed by atoms with van der Waals surface area (Å²) in [5, 5.41) is 0.670. The number of nitrogens with zero attached hydrogens (tertiary/aromatic N) is 3. The number of amides is 1. The molecule has 0 saturated carbocycles. The van der Waals surface area contributed by atoms with E-state index in [1.807, 2.05) is 23.1 Å². The minimum absolute atomic E-state index is 0.0494. The van der Waals surface area contributed by atoms with Crippen molar-refractivity contribution in [3.05, 3.63) is 64.1 Å². The van der Waals surface area contributed by atoms with Crippen LogP contribution >= 0.6 is 23.2 Å². The molecule has 0 aromatic heterocycles. The Morgan fingerprint density at radius 1 is 0.906 bits per heavy atom. The molecular weight excluding hydrogens is 469 g/mol. The van der Waals surface area contributed by atoms with Gasteiger partial charge in [-0.15, -0.1) is 0 Å². The third-order valence-corrected chi connectivity index (χ3v) is 8.71. The molecular formula is C23H27Cl2N3O3S. The lowest BCUT2D eigenvalue weighted by atomic mass is 9.97. The van der Waals surface area contributed by atoms with Gasteiger partial charge in [-0.05, 0) is 37.1 Å². The number of para-hydroxylation sites is 1. The third kappa shape index (κ3) is 5.22. The van der Waals surface area contributed by atoms with E-state index in [-0.39, 0.29) is 24.1 Å². The Labute approximate surface area is 199 Å². The number of hydrogen-bond acceptors (Lipinski definition) is 4. The molecule has 0 unspecified atom stereocenters. The maximum absolute atomic E-state index is 13.2. The van der Waals surface area contributed by atoms with Gasteiger partial charge in [-0.3, -0.25) is 4.79 Å². The average Bonchev–Trinajstić information content (AvgIpc) is 2.82. The van der Waals surface area contributed by atoms with Crippen molar-refractivity contribution >= 4 is 44.8 Å². The van der Waals surface area contributed by atoms with Crippen molar-refractivity contribution in [3.63, 3.8) is 0 Å². The Bertz CT molecular complexity index is 1040. The molecule has 0 spiro atoms. The Hall–Kier alpha value is -1.80. The number of halogens is 2. The smallest absolute Gasteiger partial charge is 0.227 e. The topological polar surface area (TPSA) is 60.9 Å². The maximum atomic E-state index is 13.2. The predicted octanol–water partition coefficient (Wildman–Crippen LogP) is 3.88. The van der Waals surface area contributed by atoms with E-state index >= 15 is 0 Å². The van der Waals surface area contributed by atoms with Crippen molar-refractivity contribution in [1.82, 2.24) is 9.21 Å². The van der Waals surface area contributed by atoms with E-state index in [4.69, 9.17) is 23.2 Å². The van der Waals surface area contributed by atoms with E-state index in [2.05, 4.69) is 17.0 Å². The molecule has 0 bridgehead atoms. The summed E-state index contributed by atoms with van der Waals surface area (Å²) >= 11 is 12.4. The molecule has 172 valence electrons. The van der Waals surface area contributed by atoms with Gasteiger partial charge in [0, 0.05) is 60.6 Å². The van der Waals surface area contributed by atoms with Crippen LogP contribution < -0.4 is 4.90 Å². The Balaban J connectivity index is 1.38. The number of anilines is 1. The quantitative estimate of drug-likeness (QED) is 0.631. The van der Waals surface area contributed by atoms with Crippen LogP contribution in [0.15, 0.2) is 48.5 Å². The molecule has 2 heterocycles. The number of carbonyl (C=O) groups is 1. The fourth-order valence-electron chi connectivity index (χ4n) is 4.42. The van der Waals surface area contributed by atoms with Crippen LogP contribution in [0.1, 0.15) is 18.4 Å². The fraction of sp³-hybridized carbons (Fsp3) is 0.435. The number of rotatable bonds is 5. The van der Waals surface area contributed by atoms with Gasteiger partial charge in [-0.25, -0.2) is 12.7 Å². The number of carbonyl (C=O) groups excluding carboxylic acids is 1. The van der Waals surface area contributed by atoms with Crippen LogP contribution in [0.3, 0.4) is 0 Å². The van der Waals surface area contributed by atoms with Crippen molar-refractivity contribution in [2.45, 2.75) is 18.6 Å². The van der Waals surface area contributed by atoms with Crippen LogP contribution in [-0.4, -0.2) is 62.8 Å². The van der Waals surface area contributed by atoms with Gasteiger partial charge in [0.15, 0.2) is 0 Å². The summed E-state index contributed by atoms with van der Waals surface area (Å²) in [5.41, 5.74) is 1.56. The number of benzene rings is 2. The normalized spacial score (nSPS) is 20.4. The number of hydrogen-bond donors (Lipinski definition) is 0. The molecule has 2 fully saturated rings. The highest BCUT2D eigenvalue weighted by Crippen LogP contribution is 2.29. The zero-order chi connectivity index (χ0) is 22.7. The first-order valence-corrected chi connectivity index (χ1v) is 13.2. The Kier molecular flexibility index (Phi) is 7.30. The van der Waals surface area contributed by atoms with Gasteiger partial charge >= 0.3 is 0 Å². The molecule has 1 amide bonds. The van der Waals surface area contributed by atoms with Crippen LogP contribution in [0, 0.1) is 5.92 Å². The van der Waals surface area contributed by atoms with Gasteiger partial charge in [-0.1, -0.05) is 47.5 Å². The van der Waals surface area contributed by atoms with Gasteiger partial charge in [0.05, 0.1) is 11.7 Å². The van der Waals surface area contributed by atoms with Gasteiger partial charge in [0.1, 0.15) is 0 Å². The Morgan fingerprint density at radius 2 is 1.56 bits per heavy atom. The zero-order valence-electron chi connectivity index (χ0n) is 17.8. The molecule has 2 saturated heterocycles. The molecule has 1 atom stereocenters. The lowest BCUT2D eigenvalue weighted by Crippen LogP contribution is -2.53. The van der Waals surface area contributed by atoms with Crippen LogP contribution in [0.4, 0.5) is 5.69 Å².